The van der Waals surface area contributed by atoms with Crippen LogP contribution < -0.4 is 0 Å². The van der Waals surface area contributed by atoms with Crippen molar-refractivity contribution in [1.29, 1.82) is 0 Å². The van der Waals surface area contributed by atoms with Gasteiger partial charge in [0.1, 0.15) is 5.60 Å². The zero-order valence-corrected chi connectivity index (χ0v) is 15.4. The zero-order chi connectivity index (χ0) is 17.3. The van der Waals surface area contributed by atoms with Crippen LogP contribution in [0.4, 0.5) is 4.79 Å². The maximum atomic E-state index is 12.1. The van der Waals surface area contributed by atoms with E-state index in [1.54, 1.807) is 10.8 Å². The van der Waals surface area contributed by atoms with Crippen LogP contribution in [-0.2, 0) is 11.2 Å². The van der Waals surface area contributed by atoms with Gasteiger partial charge in [0.2, 0.25) is 0 Å². The summed E-state index contributed by atoms with van der Waals surface area (Å²) >= 11 is 0. The Morgan fingerprint density at radius 2 is 1.68 bits per heavy atom. The van der Waals surface area contributed by atoms with Crippen LogP contribution in [0.5, 0.6) is 0 Å². The molecule has 3 heteroatoms. The Morgan fingerprint density at radius 1 is 1.09 bits per heavy atom. The second-order valence-corrected chi connectivity index (χ2v) is 5.37. The molecule has 1 aromatic heterocycles. The van der Waals surface area contributed by atoms with Crippen LogP contribution in [0.25, 0.3) is 10.9 Å². The number of aryl methyl sites for hydroxylation is 1. The Hall–Kier alpha value is -1.77. The van der Waals surface area contributed by atoms with Crippen molar-refractivity contribution in [3.63, 3.8) is 0 Å². The Labute approximate surface area is 135 Å². The molecule has 0 N–H and O–H groups in total. The van der Waals surface area contributed by atoms with Crippen LogP contribution >= 0.6 is 0 Å². The lowest BCUT2D eigenvalue weighted by molar-refractivity contribution is 0.0544. The Morgan fingerprint density at radius 3 is 2.18 bits per heavy atom. The van der Waals surface area contributed by atoms with Crippen molar-refractivity contribution in [2.24, 2.45) is 0 Å². The van der Waals surface area contributed by atoms with E-state index in [0.29, 0.717) is 0 Å². The average molecular weight is 305 g/mol. The largest absolute Gasteiger partial charge is 0.443 e. The first kappa shape index (κ1) is 20.2. The van der Waals surface area contributed by atoms with Crippen LogP contribution in [0.15, 0.2) is 30.5 Å². The summed E-state index contributed by atoms with van der Waals surface area (Å²) in [5, 5.41) is 1.12. The number of rotatable bonds is 1. The summed E-state index contributed by atoms with van der Waals surface area (Å²) < 4.78 is 6.96. The highest BCUT2D eigenvalue weighted by atomic mass is 16.6. The Kier molecular flexibility index (Phi) is 8.54. The molecule has 0 saturated carbocycles. The number of carbonyl (C=O) groups is 1. The van der Waals surface area contributed by atoms with Crippen LogP contribution in [0.1, 0.15) is 61.0 Å². The molecule has 0 aliphatic rings. The normalized spacial score (nSPS) is 10.2. The number of carbonyl (C=O) groups excluding carboxylic acids is 1. The van der Waals surface area contributed by atoms with Gasteiger partial charge in [-0.25, -0.2) is 4.79 Å². The molecule has 124 valence electrons. The van der Waals surface area contributed by atoms with Gasteiger partial charge in [0.05, 0.1) is 5.52 Å². The number of hydrogen-bond donors (Lipinski definition) is 0. The van der Waals surface area contributed by atoms with E-state index in [2.05, 4.69) is 13.0 Å². The van der Waals surface area contributed by atoms with Crippen molar-refractivity contribution >= 4 is 17.0 Å². The minimum absolute atomic E-state index is 0.328. The number of fused-ring (bicyclic) bond motifs is 1. The lowest BCUT2D eigenvalue weighted by Gasteiger charge is -2.19. The molecule has 3 nitrogen and oxygen atoms in total. The minimum Gasteiger partial charge on any atom is -0.443 e. The number of ether oxygens (including phenoxy) is 1. The second-order valence-electron chi connectivity index (χ2n) is 5.37. The van der Waals surface area contributed by atoms with Crippen molar-refractivity contribution < 1.29 is 9.53 Å². The van der Waals surface area contributed by atoms with E-state index in [0.717, 1.165) is 17.3 Å². The van der Waals surface area contributed by atoms with E-state index in [4.69, 9.17) is 4.74 Å². The molecular weight excluding hydrogens is 274 g/mol. The van der Waals surface area contributed by atoms with Crippen molar-refractivity contribution in [2.45, 2.75) is 67.4 Å². The smallest absolute Gasteiger partial charge is 0.418 e. The first-order valence-corrected chi connectivity index (χ1v) is 8.24. The van der Waals surface area contributed by atoms with Gasteiger partial charge in [0.15, 0.2) is 0 Å². The fourth-order valence-electron chi connectivity index (χ4n) is 2.01. The second kappa shape index (κ2) is 9.29. The monoisotopic (exact) mass is 305 g/mol. The SMILES string of the molecule is CC.CC.CCc1cccc2c1ccn2C(=O)OC(C)(C)C. The first-order chi connectivity index (χ1) is 10.4. The third-order valence-electron chi connectivity index (χ3n) is 2.79. The third kappa shape index (κ3) is 5.21. The fraction of sp³-hybridized carbons (Fsp3) is 0.526. The molecule has 1 aromatic carbocycles. The summed E-state index contributed by atoms with van der Waals surface area (Å²) in [4.78, 5) is 12.1. The molecular formula is C19H31NO2. The molecule has 22 heavy (non-hydrogen) atoms. The molecule has 0 amide bonds. The van der Waals surface area contributed by atoms with Gasteiger partial charge >= 0.3 is 6.09 Å². The fourth-order valence-corrected chi connectivity index (χ4v) is 2.01. The minimum atomic E-state index is -0.476. The molecule has 1 heterocycles. The highest BCUT2D eigenvalue weighted by Gasteiger charge is 2.19. The lowest BCUT2D eigenvalue weighted by Crippen LogP contribution is -2.26. The molecule has 0 saturated heterocycles. The van der Waals surface area contributed by atoms with Crippen LogP contribution in [0.2, 0.25) is 0 Å². The standard InChI is InChI=1S/C15H19NO2.2C2H6/c1-5-11-7-6-8-13-12(11)9-10-16(13)14(17)18-15(2,3)4;2*1-2/h6-10H,5H2,1-4H3;2*1-2H3. The van der Waals surface area contributed by atoms with Gasteiger partial charge in [-0.2, -0.15) is 0 Å². The summed E-state index contributed by atoms with van der Waals surface area (Å²) in [5.74, 6) is 0. The highest BCUT2D eigenvalue weighted by Crippen LogP contribution is 2.22. The van der Waals surface area contributed by atoms with Gasteiger partial charge in [-0.15, -0.1) is 0 Å². The highest BCUT2D eigenvalue weighted by molar-refractivity contribution is 5.91. The van der Waals surface area contributed by atoms with E-state index in [-0.39, 0.29) is 6.09 Å². The average Bonchev–Trinajstić information content (AvgIpc) is 2.93. The van der Waals surface area contributed by atoms with Crippen molar-refractivity contribution in [3.05, 3.63) is 36.0 Å². The van der Waals surface area contributed by atoms with E-state index >= 15 is 0 Å². The van der Waals surface area contributed by atoms with E-state index in [1.807, 2.05) is 66.7 Å². The number of hydrogen-bond acceptors (Lipinski definition) is 2. The molecule has 0 spiro atoms. The van der Waals surface area contributed by atoms with Crippen LogP contribution in [-0.4, -0.2) is 16.3 Å². The predicted octanol–water partition coefficient (Wildman–Crippen LogP) is 6.04. The zero-order valence-electron chi connectivity index (χ0n) is 15.4. The van der Waals surface area contributed by atoms with E-state index < -0.39 is 5.60 Å². The van der Waals surface area contributed by atoms with Crippen LogP contribution in [0.3, 0.4) is 0 Å². The van der Waals surface area contributed by atoms with Gasteiger partial charge in [-0.05, 0) is 44.9 Å². The number of aromatic nitrogens is 1. The molecule has 0 unspecified atom stereocenters. The van der Waals surface area contributed by atoms with Gasteiger partial charge in [0.25, 0.3) is 0 Å². The maximum absolute atomic E-state index is 12.1. The van der Waals surface area contributed by atoms with Gasteiger partial charge in [-0.3, -0.25) is 4.57 Å². The molecule has 0 bridgehead atoms. The summed E-state index contributed by atoms with van der Waals surface area (Å²) in [5.41, 5.74) is 1.68. The van der Waals surface area contributed by atoms with E-state index in [1.165, 1.54) is 5.56 Å². The van der Waals surface area contributed by atoms with Gasteiger partial charge in [-0.1, -0.05) is 46.8 Å². The molecule has 0 radical (unpaired) electrons. The summed E-state index contributed by atoms with van der Waals surface area (Å²) in [6.07, 6.45) is 2.40. The number of benzene rings is 1. The molecule has 0 aliphatic heterocycles. The first-order valence-electron chi connectivity index (χ1n) is 8.24. The molecule has 0 aliphatic carbocycles. The topological polar surface area (TPSA) is 31.2 Å². The van der Waals surface area contributed by atoms with E-state index in [9.17, 15) is 4.79 Å². The third-order valence-corrected chi connectivity index (χ3v) is 2.79. The number of nitrogens with zero attached hydrogens (tertiary/aromatic N) is 1. The Balaban J connectivity index is 0.00000102. The molecule has 0 atom stereocenters. The summed E-state index contributed by atoms with van der Waals surface area (Å²) in [6.45, 7) is 15.7. The van der Waals surface area contributed by atoms with Crippen molar-refractivity contribution in [3.8, 4) is 0 Å². The predicted molar refractivity (Wildman–Crippen MR) is 95.6 cm³/mol. The molecule has 0 fully saturated rings. The van der Waals surface area contributed by atoms with Gasteiger partial charge in [0, 0.05) is 11.6 Å². The lowest BCUT2D eigenvalue weighted by atomic mass is 10.1. The Bertz CT molecular complexity index is 577. The van der Waals surface area contributed by atoms with Gasteiger partial charge < -0.3 is 4.74 Å². The maximum Gasteiger partial charge on any atom is 0.418 e. The quantitative estimate of drug-likeness (QED) is 0.643. The van der Waals surface area contributed by atoms with Crippen LogP contribution in [0, 0.1) is 0 Å². The summed E-state index contributed by atoms with van der Waals surface area (Å²) in [6, 6.07) is 7.97. The van der Waals surface area contributed by atoms with Crippen molar-refractivity contribution in [1.82, 2.24) is 4.57 Å². The van der Waals surface area contributed by atoms with Crippen molar-refractivity contribution in [2.75, 3.05) is 0 Å². The molecule has 2 aromatic rings. The molecule has 2 rings (SSSR count). The summed E-state index contributed by atoms with van der Waals surface area (Å²) in [7, 11) is 0.